The van der Waals surface area contributed by atoms with Crippen molar-refractivity contribution < 1.29 is 0 Å². The summed E-state index contributed by atoms with van der Waals surface area (Å²) in [6.07, 6.45) is 13.6. The van der Waals surface area contributed by atoms with Crippen LogP contribution in [0.5, 0.6) is 0 Å². The fourth-order valence-electron chi connectivity index (χ4n) is 3.22. The van der Waals surface area contributed by atoms with Gasteiger partial charge in [0.25, 0.3) is 0 Å². The monoisotopic (exact) mass is 255 g/mol. The molecule has 0 saturated heterocycles. The second kappa shape index (κ2) is 5.52. The number of hydrogen-bond acceptors (Lipinski definition) is 2. The Balaban J connectivity index is 1.76. The first-order valence-corrected chi connectivity index (χ1v) is 8.56. The minimum Gasteiger partial charge on any atom is -0.313 e. The standard InChI is InChI=1S/C15H29NS/c1-14(2)8-4-6-13(7-11-14)16-12-15(17-3)9-5-10-15/h13,16H,4-12H2,1-3H3. The van der Waals surface area contributed by atoms with Gasteiger partial charge in [0, 0.05) is 17.3 Å². The summed E-state index contributed by atoms with van der Waals surface area (Å²) in [5.74, 6) is 0. The summed E-state index contributed by atoms with van der Waals surface area (Å²) in [5, 5.41) is 3.87. The van der Waals surface area contributed by atoms with Crippen LogP contribution in [0, 0.1) is 5.41 Å². The maximum Gasteiger partial charge on any atom is 0.0281 e. The van der Waals surface area contributed by atoms with E-state index in [1.54, 1.807) is 0 Å². The highest BCUT2D eigenvalue weighted by Gasteiger charge is 2.36. The lowest BCUT2D eigenvalue weighted by Gasteiger charge is -2.41. The molecule has 2 fully saturated rings. The summed E-state index contributed by atoms with van der Waals surface area (Å²) in [4.78, 5) is 0. The van der Waals surface area contributed by atoms with Gasteiger partial charge in [-0.1, -0.05) is 26.7 Å². The molecule has 2 aliphatic carbocycles. The Morgan fingerprint density at radius 2 is 1.82 bits per heavy atom. The van der Waals surface area contributed by atoms with Crippen LogP contribution < -0.4 is 5.32 Å². The normalized spacial score (nSPS) is 31.6. The minimum absolute atomic E-state index is 0.587. The zero-order chi connectivity index (χ0) is 12.4. The molecule has 0 amide bonds. The molecule has 0 aliphatic heterocycles. The summed E-state index contributed by atoms with van der Waals surface area (Å²) in [6, 6.07) is 0.793. The van der Waals surface area contributed by atoms with E-state index in [4.69, 9.17) is 0 Å². The lowest BCUT2D eigenvalue weighted by molar-refractivity contribution is 0.300. The molecule has 2 heteroatoms. The van der Waals surface area contributed by atoms with Gasteiger partial charge in [-0.15, -0.1) is 0 Å². The van der Waals surface area contributed by atoms with Crippen LogP contribution in [0.1, 0.15) is 65.2 Å². The number of rotatable bonds is 4. The molecule has 1 nitrogen and oxygen atoms in total. The van der Waals surface area contributed by atoms with E-state index in [2.05, 4.69) is 37.2 Å². The molecule has 2 saturated carbocycles. The van der Waals surface area contributed by atoms with Crippen molar-refractivity contribution in [2.45, 2.75) is 76.0 Å². The van der Waals surface area contributed by atoms with Crippen LogP contribution in [0.2, 0.25) is 0 Å². The first-order valence-electron chi connectivity index (χ1n) is 7.34. The predicted molar refractivity (Wildman–Crippen MR) is 78.8 cm³/mol. The number of thioether (sulfide) groups is 1. The average molecular weight is 255 g/mol. The van der Waals surface area contributed by atoms with E-state index in [0.717, 1.165) is 6.04 Å². The molecule has 1 unspecified atom stereocenters. The van der Waals surface area contributed by atoms with E-state index < -0.39 is 0 Å². The molecule has 0 aromatic heterocycles. The van der Waals surface area contributed by atoms with Gasteiger partial charge in [0.05, 0.1) is 0 Å². The largest absolute Gasteiger partial charge is 0.313 e. The molecule has 0 radical (unpaired) electrons. The maximum absolute atomic E-state index is 3.87. The van der Waals surface area contributed by atoms with Crippen LogP contribution >= 0.6 is 11.8 Å². The first kappa shape index (κ1) is 13.7. The Morgan fingerprint density at radius 1 is 1.06 bits per heavy atom. The quantitative estimate of drug-likeness (QED) is 0.755. The van der Waals surface area contributed by atoms with E-state index in [1.165, 1.54) is 57.9 Å². The molecule has 0 aromatic carbocycles. The summed E-state index contributed by atoms with van der Waals surface area (Å²) >= 11 is 2.09. The van der Waals surface area contributed by atoms with Crippen molar-refractivity contribution in [3.8, 4) is 0 Å². The lowest BCUT2D eigenvalue weighted by atomic mass is 9.83. The van der Waals surface area contributed by atoms with E-state index >= 15 is 0 Å². The smallest absolute Gasteiger partial charge is 0.0281 e. The highest BCUT2D eigenvalue weighted by molar-refractivity contribution is 8.00. The van der Waals surface area contributed by atoms with Crippen molar-refractivity contribution in [1.82, 2.24) is 5.32 Å². The lowest BCUT2D eigenvalue weighted by Crippen LogP contribution is -2.46. The average Bonchev–Trinajstić information content (AvgIpc) is 2.39. The Kier molecular flexibility index (Phi) is 4.46. The molecule has 1 N–H and O–H groups in total. The van der Waals surface area contributed by atoms with Crippen LogP contribution in [-0.4, -0.2) is 23.6 Å². The minimum atomic E-state index is 0.587. The summed E-state index contributed by atoms with van der Waals surface area (Å²) in [6.45, 7) is 6.12. The van der Waals surface area contributed by atoms with E-state index in [0.29, 0.717) is 10.2 Å². The Morgan fingerprint density at radius 3 is 2.41 bits per heavy atom. The van der Waals surface area contributed by atoms with Gasteiger partial charge in [-0.2, -0.15) is 11.8 Å². The zero-order valence-corrected chi connectivity index (χ0v) is 12.7. The third kappa shape index (κ3) is 3.64. The van der Waals surface area contributed by atoms with Crippen molar-refractivity contribution in [1.29, 1.82) is 0 Å². The Labute approximate surface area is 112 Å². The summed E-state index contributed by atoms with van der Waals surface area (Å²) in [7, 11) is 0. The SMILES string of the molecule is CSC1(CNC2CCCC(C)(C)CC2)CCC1. The number of nitrogens with one attached hydrogen (secondary N) is 1. The molecule has 2 rings (SSSR count). The zero-order valence-electron chi connectivity index (χ0n) is 11.8. The van der Waals surface area contributed by atoms with E-state index in [-0.39, 0.29) is 0 Å². The van der Waals surface area contributed by atoms with Gasteiger partial charge >= 0.3 is 0 Å². The number of hydrogen-bond donors (Lipinski definition) is 1. The van der Waals surface area contributed by atoms with Crippen LogP contribution in [0.25, 0.3) is 0 Å². The fourth-order valence-corrected chi connectivity index (χ4v) is 4.14. The molecule has 1 atom stereocenters. The van der Waals surface area contributed by atoms with Gasteiger partial charge in [-0.25, -0.2) is 0 Å². The third-order valence-corrected chi connectivity index (χ3v) is 6.41. The second-order valence-corrected chi connectivity index (χ2v) is 8.19. The molecule has 2 aliphatic rings. The van der Waals surface area contributed by atoms with Crippen LogP contribution in [0.4, 0.5) is 0 Å². The Hall–Kier alpha value is 0.310. The molecular formula is C15H29NS. The first-order chi connectivity index (χ1) is 8.05. The summed E-state index contributed by atoms with van der Waals surface area (Å²) < 4.78 is 0.599. The molecule has 0 spiro atoms. The van der Waals surface area contributed by atoms with E-state index in [9.17, 15) is 0 Å². The summed E-state index contributed by atoms with van der Waals surface area (Å²) in [5.41, 5.74) is 0.587. The predicted octanol–water partition coefficient (Wildman–Crippen LogP) is 4.22. The van der Waals surface area contributed by atoms with Crippen molar-refractivity contribution in [2.75, 3.05) is 12.8 Å². The van der Waals surface area contributed by atoms with E-state index in [1.807, 2.05) is 0 Å². The van der Waals surface area contributed by atoms with Gasteiger partial charge in [0.15, 0.2) is 0 Å². The van der Waals surface area contributed by atoms with Crippen LogP contribution in [-0.2, 0) is 0 Å². The van der Waals surface area contributed by atoms with Crippen LogP contribution in [0.3, 0.4) is 0 Å². The topological polar surface area (TPSA) is 12.0 Å². The van der Waals surface area contributed by atoms with Crippen molar-refractivity contribution in [3.05, 3.63) is 0 Å². The van der Waals surface area contributed by atoms with Crippen molar-refractivity contribution in [3.63, 3.8) is 0 Å². The van der Waals surface area contributed by atoms with Gasteiger partial charge in [0.1, 0.15) is 0 Å². The van der Waals surface area contributed by atoms with Gasteiger partial charge in [0.2, 0.25) is 0 Å². The molecular weight excluding hydrogens is 226 g/mol. The van der Waals surface area contributed by atoms with Crippen molar-refractivity contribution in [2.24, 2.45) is 5.41 Å². The van der Waals surface area contributed by atoms with Crippen LogP contribution in [0.15, 0.2) is 0 Å². The second-order valence-electron chi connectivity index (χ2n) is 6.91. The Bertz CT molecular complexity index is 240. The highest BCUT2D eigenvalue weighted by atomic mass is 32.2. The van der Waals surface area contributed by atoms with Gasteiger partial charge in [-0.05, 0) is 50.2 Å². The fraction of sp³-hybridized carbons (Fsp3) is 1.00. The molecule has 0 bridgehead atoms. The van der Waals surface area contributed by atoms with Crippen molar-refractivity contribution >= 4 is 11.8 Å². The highest BCUT2D eigenvalue weighted by Crippen LogP contribution is 2.42. The molecule has 0 heterocycles. The maximum atomic E-state index is 3.87. The van der Waals surface area contributed by atoms with Gasteiger partial charge < -0.3 is 5.32 Å². The third-order valence-electron chi connectivity index (χ3n) is 4.99. The molecule has 17 heavy (non-hydrogen) atoms. The molecule has 100 valence electrons. The van der Waals surface area contributed by atoms with Gasteiger partial charge in [-0.3, -0.25) is 0 Å². The molecule has 0 aromatic rings.